The van der Waals surface area contributed by atoms with Crippen LogP contribution in [-0.4, -0.2) is 47.9 Å². The number of carbonyl (C=O) groups is 1. The summed E-state index contributed by atoms with van der Waals surface area (Å²) in [6.07, 6.45) is 16.4. The van der Waals surface area contributed by atoms with Gasteiger partial charge in [0, 0.05) is 38.1 Å². The molecule has 188 valence electrons. The normalized spacial score (nSPS) is 23.4. The summed E-state index contributed by atoms with van der Waals surface area (Å²) in [4.78, 5) is 17.7. The van der Waals surface area contributed by atoms with Crippen molar-refractivity contribution in [2.75, 3.05) is 26.2 Å². The predicted octanol–water partition coefficient (Wildman–Crippen LogP) is 4.42. The first-order chi connectivity index (χ1) is 17.6. The van der Waals surface area contributed by atoms with Crippen LogP contribution in [0.3, 0.4) is 0 Å². The summed E-state index contributed by atoms with van der Waals surface area (Å²) in [5.41, 5.74) is 16.8. The van der Waals surface area contributed by atoms with Crippen molar-refractivity contribution < 1.29 is 4.79 Å². The summed E-state index contributed by atoms with van der Waals surface area (Å²) in [5, 5.41) is 9.55. The lowest BCUT2D eigenvalue weighted by Crippen LogP contribution is -2.39. The number of fused-ring (bicyclic) bond motifs is 1. The van der Waals surface area contributed by atoms with Gasteiger partial charge in [-0.05, 0) is 36.0 Å². The molecule has 6 heteroatoms. The number of nitrogens with two attached hydrogens (primary N) is 2. The van der Waals surface area contributed by atoms with Crippen LogP contribution in [0.25, 0.3) is 5.57 Å². The zero-order chi connectivity index (χ0) is 25.9. The molecule has 4 rings (SSSR count). The molecule has 0 spiro atoms. The number of benzene rings is 1. The molecule has 1 aliphatic heterocycles. The molecule has 6 nitrogen and oxygen atoms in total. The molecular formula is C30H37N5O. The quantitative estimate of drug-likeness (QED) is 0.618. The molecule has 1 saturated heterocycles. The van der Waals surface area contributed by atoms with Crippen LogP contribution < -0.4 is 11.5 Å². The molecule has 4 N–H and O–H groups in total. The second-order valence-electron chi connectivity index (χ2n) is 8.72. The minimum Gasteiger partial charge on any atom is -0.403 e. The summed E-state index contributed by atoms with van der Waals surface area (Å²) < 4.78 is 0. The molecule has 1 unspecified atom stereocenters. The first-order valence-electron chi connectivity index (χ1n) is 12.7. The largest absolute Gasteiger partial charge is 0.403 e. The Morgan fingerprint density at radius 2 is 1.89 bits per heavy atom. The summed E-state index contributed by atoms with van der Waals surface area (Å²) in [7, 11) is 0. The topological polar surface area (TPSA) is 99.4 Å². The molecular weight excluding hydrogens is 446 g/mol. The zero-order valence-electron chi connectivity index (χ0n) is 21.4. The van der Waals surface area contributed by atoms with Gasteiger partial charge in [0.25, 0.3) is 5.91 Å². The SMILES string of the molecule is CC.N#CC1=CCCC=C1C(=O)N1CCN(C/C(N)=C/N)C2C=CC/C=C(c3ccccc3)\C=C/2C1. The van der Waals surface area contributed by atoms with Crippen LogP contribution in [0.5, 0.6) is 0 Å². The Kier molecular flexibility index (Phi) is 9.91. The molecule has 1 aromatic rings. The number of nitriles is 1. The highest BCUT2D eigenvalue weighted by molar-refractivity contribution is 5.99. The van der Waals surface area contributed by atoms with Crippen LogP contribution in [0.2, 0.25) is 0 Å². The standard InChI is InChI=1S/C28H31N5O.C2H6/c29-17-23-11-4-6-12-26(23)28(34)33-15-14-32(20-25(31)18-30)27-13-7-5-10-22(16-24(27)19-33)21-8-2-1-3-9-21;1-2/h1-3,7-13,16,18,27H,4-6,14-15,19-20,30-31H2;1-2H3/b13-7?,22-10+,24-16-,25-18-;. The van der Waals surface area contributed by atoms with E-state index in [0.717, 1.165) is 36.0 Å². The second kappa shape index (κ2) is 13.3. The fraction of sp³-hybridized carbons (Fsp3) is 0.333. The molecule has 1 amide bonds. The van der Waals surface area contributed by atoms with E-state index in [9.17, 15) is 10.1 Å². The van der Waals surface area contributed by atoms with Gasteiger partial charge in [0.05, 0.1) is 23.3 Å². The van der Waals surface area contributed by atoms with Crippen molar-refractivity contribution in [2.24, 2.45) is 11.5 Å². The Bertz CT molecular complexity index is 1150. The van der Waals surface area contributed by atoms with Crippen molar-refractivity contribution in [1.82, 2.24) is 9.80 Å². The van der Waals surface area contributed by atoms with Crippen LogP contribution in [0.15, 0.2) is 95.4 Å². The van der Waals surface area contributed by atoms with Gasteiger partial charge in [-0.2, -0.15) is 5.26 Å². The highest BCUT2D eigenvalue weighted by atomic mass is 16.2. The first-order valence-corrected chi connectivity index (χ1v) is 12.7. The van der Waals surface area contributed by atoms with E-state index in [-0.39, 0.29) is 11.9 Å². The van der Waals surface area contributed by atoms with E-state index >= 15 is 0 Å². The Morgan fingerprint density at radius 1 is 1.14 bits per heavy atom. The van der Waals surface area contributed by atoms with Crippen LogP contribution >= 0.6 is 0 Å². The molecule has 1 aromatic carbocycles. The van der Waals surface area contributed by atoms with E-state index in [2.05, 4.69) is 47.4 Å². The molecule has 1 fully saturated rings. The number of hydrogen-bond donors (Lipinski definition) is 2. The van der Waals surface area contributed by atoms with Gasteiger partial charge in [-0.25, -0.2) is 0 Å². The van der Waals surface area contributed by atoms with Gasteiger partial charge >= 0.3 is 0 Å². The Labute approximate surface area is 215 Å². The number of amides is 1. The van der Waals surface area contributed by atoms with E-state index in [1.165, 1.54) is 6.20 Å². The summed E-state index contributed by atoms with van der Waals surface area (Å²) >= 11 is 0. The van der Waals surface area contributed by atoms with E-state index in [4.69, 9.17) is 11.5 Å². The van der Waals surface area contributed by atoms with Crippen LogP contribution in [0, 0.1) is 11.3 Å². The Balaban J connectivity index is 0.00000176. The third-order valence-electron chi connectivity index (χ3n) is 6.44. The van der Waals surface area contributed by atoms with Crippen molar-refractivity contribution >= 4 is 11.5 Å². The molecule has 1 atom stereocenters. The lowest BCUT2D eigenvalue weighted by atomic mass is 9.94. The summed E-state index contributed by atoms with van der Waals surface area (Å²) in [5.74, 6) is -0.0902. The lowest BCUT2D eigenvalue weighted by molar-refractivity contribution is -0.126. The molecule has 0 bridgehead atoms. The number of rotatable bonds is 4. The number of nitrogens with zero attached hydrogens (tertiary/aromatic N) is 3. The van der Waals surface area contributed by atoms with Gasteiger partial charge in [0.1, 0.15) is 0 Å². The van der Waals surface area contributed by atoms with Crippen molar-refractivity contribution in [3.05, 3.63) is 101 Å². The minimum absolute atomic E-state index is 0.00460. The monoisotopic (exact) mass is 483 g/mol. The molecule has 0 radical (unpaired) electrons. The van der Waals surface area contributed by atoms with Gasteiger partial charge in [0.15, 0.2) is 0 Å². The molecule has 0 saturated carbocycles. The van der Waals surface area contributed by atoms with Crippen LogP contribution in [0.1, 0.15) is 38.7 Å². The minimum atomic E-state index is -0.0902. The second-order valence-corrected chi connectivity index (χ2v) is 8.72. The van der Waals surface area contributed by atoms with Crippen LogP contribution in [0.4, 0.5) is 0 Å². The molecule has 0 aromatic heterocycles. The van der Waals surface area contributed by atoms with Gasteiger partial charge in [-0.1, -0.05) is 80.6 Å². The number of allylic oxidation sites excluding steroid dienone is 6. The van der Waals surface area contributed by atoms with Crippen molar-refractivity contribution in [1.29, 1.82) is 5.26 Å². The smallest absolute Gasteiger partial charge is 0.255 e. The number of hydrogen-bond acceptors (Lipinski definition) is 5. The predicted molar refractivity (Wildman–Crippen MR) is 147 cm³/mol. The highest BCUT2D eigenvalue weighted by Crippen LogP contribution is 2.28. The Morgan fingerprint density at radius 3 is 2.61 bits per heavy atom. The maximum atomic E-state index is 13.6. The van der Waals surface area contributed by atoms with Crippen molar-refractivity contribution in [2.45, 2.75) is 39.2 Å². The molecule has 36 heavy (non-hydrogen) atoms. The average Bonchev–Trinajstić information content (AvgIpc) is 3.08. The van der Waals surface area contributed by atoms with Crippen LogP contribution in [-0.2, 0) is 4.79 Å². The number of carbonyl (C=O) groups excluding carboxylic acids is 1. The van der Waals surface area contributed by atoms with E-state index < -0.39 is 0 Å². The fourth-order valence-corrected chi connectivity index (χ4v) is 4.68. The van der Waals surface area contributed by atoms with Gasteiger partial charge in [0.2, 0.25) is 0 Å². The summed E-state index contributed by atoms with van der Waals surface area (Å²) in [6, 6.07) is 12.5. The maximum absolute atomic E-state index is 13.6. The molecule has 1 heterocycles. The van der Waals surface area contributed by atoms with E-state index in [0.29, 0.717) is 43.0 Å². The first kappa shape index (κ1) is 26.8. The van der Waals surface area contributed by atoms with Gasteiger partial charge in [-0.15, -0.1) is 0 Å². The highest BCUT2D eigenvalue weighted by Gasteiger charge is 2.31. The molecule has 2 aliphatic carbocycles. The third-order valence-corrected chi connectivity index (χ3v) is 6.44. The third kappa shape index (κ3) is 6.44. The fourth-order valence-electron chi connectivity index (χ4n) is 4.68. The van der Waals surface area contributed by atoms with Gasteiger partial charge in [-0.3, -0.25) is 9.69 Å². The zero-order valence-corrected chi connectivity index (χ0v) is 21.4. The Hall–Kier alpha value is -3.82. The maximum Gasteiger partial charge on any atom is 0.255 e. The average molecular weight is 484 g/mol. The van der Waals surface area contributed by atoms with Crippen molar-refractivity contribution in [3.63, 3.8) is 0 Å². The van der Waals surface area contributed by atoms with E-state index in [1.54, 1.807) is 0 Å². The van der Waals surface area contributed by atoms with Crippen molar-refractivity contribution in [3.8, 4) is 6.07 Å². The summed E-state index contributed by atoms with van der Waals surface area (Å²) in [6.45, 7) is 6.19. The van der Waals surface area contributed by atoms with E-state index in [1.807, 2.05) is 49.1 Å². The van der Waals surface area contributed by atoms with Gasteiger partial charge < -0.3 is 16.4 Å². The molecule has 3 aliphatic rings. The lowest BCUT2D eigenvalue weighted by Gasteiger charge is -2.29.